The Morgan fingerprint density at radius 2 is 2.09 bits per heavy atom. The van der Waals surface area contributed by atoms with Crippen molar-refractivity contribution in [3.63, 3.8) is 0 Å². The van der Waals surface area contributed by atoms with Crippen molar-refractivity contribution in [2.45, 2.75) is 57.2 Å². The van der Waals surface area contributed by atoms with Crippen LogP contribution in [0.4, 0.5) is 0 Å². The Hall–Kier alpha value is -1.14. The molecular weight excluding hydrogens is 284 g/mol. The Morgan fingerprint density at radius 3 is 2.64 bits per heavy atom. The molecule has 6 nitrogen and oxygen atoms in total. The first kappa shape index (κ1) is 15.7. The van der Waals surface area contributed by atoms with E-state index in [4.69, 9.17) is 4.74 Å². The van der Waals surface area contributed by atoms with Gasteiger partial charge in [-0.05, 0) is 31.7 Å². The first-order valence-corrected chi connectivity index (χ1v) is 8.31. The predicted molar refractivity (Wildman–Crippen MR) is 80.5 cm³/mol. The average Bonchev–Trinajstić information content (AvgIpc) is 2.66. The SMILES string of the molecule is CC(C)[C@@H](C(=O)O)N1C(=O)CC[C@]12CCCN(C1COC1)C2. The summed E-state index contributed by atoms with van der Waals surface area (Å²) < 4.78 is 5.29. The quantitative estimate of drug-likeness (QED) is 0.837. The van der Waals surface area contributed by atoms with Crippen LogP contribution in [0.1, 0.15) is 39.5 Å². The summed E-state index contributed by atoms with van der Waals surface area (Å²) in [6.45, 7) is 7.12. The number of hydrogen-bond acceptors (Lipinski definition) is 4. The maximum absolute atomic E-state index is 12.5. The van der Waals surface area contributed by atoms with Crippen molar-refractivity contribution >= 4 is 11.9 Å². The van der Waals surface area contributed by atoms with E-state index in [0.717, 1.165) is 45.6 Å². The third-order valence-corrected chi connectivity index (χ3v) is 5.47. The molecule has 3 fully saturated rings. The van der Waals surface area contributed by atoms with Crippen molar-refractivity contribution in [2.75, 3.05) is 26.3 Å². The summed E-state index contributed by atoms with van der Waals surface area (Å²) in [5.41, 5.74) is -0.293. The van der Waals surface area contributed by atoms with Gasteiger partial charge >= 0.3 is 5.97 Å². The zero-order valence-corrected chi connectivity index (χ0v) is 13.5. The number of hydrogen-bond donors (Lipinski definition) is 1. The number of carbonyl (C=O) groups excluding carboxylic acids is 1. The van der Waals surface area contributed by atoms with Crippen molar-refractivity contribution in [3.8, 4) is 0 Å². The lowest BCUT2D eigenvalue weighted by molar-refractivity contribution is -0.158. The van der Waals surface area contributed by atoms with Crippen molar-refractivity contribution < 1.29 is 19.4 Å². The number of aliphatic carboxylic acids is 1. The molecule has 1 amide bonds. The molecule has 0 aliphatic carbocycles. The van der Waals surface area contributed by atoms with E-state index in [9.17, 15) is 14.7 Å². The molecule has 0 unspecified atom stereocenters. The third-order valence-electron chi connectivity index (χ3n) is 5.47. The molecule has 3 aliphatic heterocycles. The fourth-order valence-corrected chi connectivity index (χ4v) is 4.28. The largest absolute Gasteiger partial charge is 0.480 e. The van der Waals surface area contributed by atoms with Crippen molar-refractivity contribution in [1.29, 1.82) is 0 Å². The van der Waals surface area contributed by atoms with Gasteiger partial charge in [0.25, 0.3) is 0 Å². The maximum atomic E-state index is 12.5. The van der Waals surface area contributed by atoms with Gasteiger partial charge in [0.15, 0.2) is 0 Å². The third kappa shape index (κ3) is 2.52. The molecule has 0 saturated carbocycles. The zero-order chi connectivity index (χ0) is 15.9. The Labute approximate surface area is 131 Å². The maximum Gasteiger partial charge on any atom is 0.326 e. The van der Waals surface area contributed by atoms with Gasteiger partial charge in [0.1, 0.15) is 6.04 Å². The monoisotopic (exact) mass is 310 g/mol. The number of ether oxygens (including phenoxy) is 1. The van der Waals surface area contributed by atoms with E-state index >= 15 is 0 Å². The highest BCUT2D eigenvalue weighted by molar-refractivity contribution is 5.86. The Morgan fingerprint density at radius 1 is 1.36 bits per heavy atom. The van der Waals surface area contributed by atoms with Gasteiger partial charge in [-0.15, -0.1) is 0 Å². The van der Waals surface area contributed by atoms with Crippen LogP contribution in [0, 0.1) is 5.92 Å². The zero-order valence-electron chi connectivity index (χ0n) is 13.5. The first-order chi connectivity index (χ1) is 10.4. The molecule has 0 radical (unpaired) electrons. The molecule has 0 bridgehead atoms. The number of nitrogens with zero attached hydrogens (tertiary/aromatic N) is 2. The van der Waals surface area contributed by atoms with E-state index in [1.54, 1.807) is 4.90 Å². The molecule has 3 saturated heterocycles. The van der Waals surface area contributed by atoms with Gasteiger partial charge < -0.3 is 14.7 Å². The summed E-state index contributed by atoms with van der Waals surface area (Å²) in [5, 5.41) is 9.64. The fourth-order valence-electron chi connectivity index (χ4n) is 4.28. The van der Waals surface area contributed by atoms with Gasteiger partial charge in [-0.1, -0.05) is 13.8 Å². The van der Waals surface area contributed by atoms with Crippen molar-refractivity contribution in [1.82, 2.24) is 9.80 Å². The molecule has 0 aromatic carbocycles. The molecule has 3 aliphatic rings. The van der Waals surface area contributed by atoms with E-state index in [1.807, 2.05) is 13.8 Å². The van der Waals surface area contributed by atoms with Crippen LogP contribution >= 0.6 is 0 Å². The predicted octanol–water partition coefficient (Wildman–Crippen LogP) is 0.951. The lowest BCUT2D eigenvalue weighted by Crippen LogP contribution is -2.65. The van der Waals surface area contributed by atoms with E-state index in [2.05, 4.69) is 4.90 Å². The second-order valence-corrected chi connectivity index (χ2v) is 7.28. The van der Waals surface area contributed by atoms with Crippen LogP contribution in [0.5, 0.6) is 0 Å². The lowest BCUT2D eigenvalue weighted by Gasteiger charge is -2.51. The Kier molecular flexibility index (Phi) is 4.16. The summed E-state index contributed by atoms with van der Waals surface area (Å²) in [4.78, 5) is 28.4. The van der Waals surface area contributed by atoms with Crippen LogP contribution < -0.4 is 0 Å². The average molecular weight is 310 g/mol. The molecule has 0 aromatic heterocycles. The molecule has 6 heteroatoms. The van der Waals surface area contributed by atoms with E-state index in [-0.39, 0.29) is 17.4 Å². The first-order valence-electron chi connectivity index (χ1n) is 8.31. The molecule has 0 aromatic rings. The van der Waals surface area contributed by atoms with Crippen LogP contribution in [0.25, 0.3) is 0 Å². The summed E-state index contributed by atoms with van der Waals surface area (Å²) in [6.07, 6.45) is 3.20. The second-order valence-electron chi connectivity index (χ2n) is 7.28. The minimum atomic E-state index is -0.881. The number of carboxylic acids is 1. The smallest absolute Gasteiger partial charge is 0.326 e. The number of likely N-dealkylation sites (tertiary alicyclic amines) is 2. The topological polar surface area (TPSA) is 70.1 Å². The Bertz CT molecular complexity index is 463. The van der Waals surface area contributed by atoms with Crippen LogP contribution in [-0.2, 0) is 14.3 Å². The van der Waals surface area contributed by atoms with Gasteiger partial charge in [-0.3, -0.25) is 9.69 Å². The number of amides is 1. The number of carbonyl (C=O) groups is 2. The van der Waals surface area contributed by atoms with Crippen LogP contribution in [0.15, 0.2) is 0 Å². The van der Waals surface area contributed by atoms with E-state index in [0.29, 0.717) is 12.5 Å². The fraction of sp³-hybridized carbons (Fsp3) is 0.875. The van der Waals surface area contributed by atoms with Gasteiger partial charge in [0.2, 0.25) is 5.91 Å². The summed E-state index contributed by atoms with van der Waals surface area (Å²) in [7, 11) is 0. The van der Waals surface area contributed by atoms with Crippen LogP contribution in [0.2, 0.25) is 0 Å². The number of carboxylic acid groups (broad SMARTS) is 1. The molecule has 3 rings (SSSR count). The minimum Gasteiger partial charge on any atom is -0.480 e. The lowest BCUT2D eigenvalue weighted by atomic mass is 9.83. The van der Waals surface area contributed by atoms with E-state index in [1.165, 1.54) is 0 Å². The molecule has 1 spiro atoms. The molecular formula is C16H26N2O4. The minimum absolute atomic E-state index is 0.00723. The van der Waals surface area contributed by atoms with Crippen molar-refractivity contribution in [2.24, 2.45) is 5.92 Å². The van der Waals surface area contributed by atoms with Gasteiger partial charge in [0.05, 0.1) is 24.8 Å². The summed E-state index contributed by atoms with van der Waals surface area (Å²) in [6, 6.07) is -0.273. The normalized spacial score (nSPS) is 31.8. The highest BCUT2D eigenvalue weighted by Gasteiger charge is 2.53. The van der Waals surface area contributed by atoms with Gasteiger partial charge in [-0.25, -0.2) is 4.79 Å². The van der Waals surface area contributed by atoms with Gasteiger partial charge in [0, 0.05) is 13.0 Å². The molecule has 124 valence electrons. The second kappa shape index (κ2) is 5.81. The van der Waals surface area contributed by atoms with E-state index < -0.39 is 12.0 Å². The van der Waals surface area contributed by atoms with Crippen LogP contribution in [0.3, 0.4) is 0 Å². The molecule has 22 heavy (non-hydrogen) atoms. The molecule has 1 N–H and O–H groups in total. The van der Waals surface area contributed by atoms with Crippen LogP contribution in [-0.4, -0.2) is 70.7 Å². The highest BCUT2D eigenvalue weighted by atomic mass is 16.5. The summed E-state index contributed by atoms with van der Waals surface area (Å²) >= 11 is 0. The van der Waals surface area contributed by atoms with Crippen molar-refractivity contribution in [3.05, 3.63) is 0 Å². The number of rotatable bonds is 4. The molecule has 2 atom stereocenters. The molecule has 3 heterocycles. The Balaban J connectivity index is 1.86. The standard InChI is InChI=1S/C16H26N2O4/c1-11(2)14(15(20)21)18-13(19)4-6-16(18)5-3-7-17(10-16)12-8-22-9-12/h11-12,14H,3-10H2,1-2H3,(H,20,21)/t14-,16-/m0/s1. The highest BCUT2D eigenvalue weighted by Crippen LogP contribution is 2.41. The van der Waals surface area contributed by atoms with Gasteiger partial charge in [-0.2, -0.15) is 0 Å². The summed E-state index contributed by atoms with van der Waals surface area (Å²) in [5.74, 6) is -0.958. The number of piperidine rings is 1.